The van der Waals surface area contributed by atoms with Crippen molar-refractivity contribution in [2.75, 3.05) is 5.75 Å². The van der Waals surface area contributed by atoms with Gasteiger partial charge in [0.25, 0.3) is 0 Å². The van der Waals surface area contributed by atoms with Gasteiger partial charge in [0.1, 0.15) is 5.82 Å². The molecule has 1 heterocycles. The minimum absolute atomic E-state index is 0.127. The van der Waals surface area contributed by atoms with Crippen LogP contribution in [0.2, 0.25) is 0 Å². The van der Waals surface area contributed by atoms with Gasteiger partial charge < -0.3 is 4.98 Å². The molecule has 18 heavy (non-hydrogen) atoms. The van der Waals surface area contributed by atoms with Crippen LogP contribution in [0.15, 0.2) is 46.3 Å². The summed E-state index contributed by atoms with van der Waals surface area (Å²) in [7, 11) is 0. The smallest absolute Gasteiger partial charge is 0.300 e. The summed E-state index contributed by atoms with van der Waals surface area (Å²) in [5.74, 6) is -0.332. The Balaban J connectivity index is 2.00. The van der Waals surface area contributed by atoms with Gasteiger partial charge in [-0.05, 0) is 30.3 Å². The van der Waals surface area contributed by atoms with Crippen LogP contribution in [0.4, 0.5) is 4.39 Å². The summed E-state index contributed by atoms with van der Waals surface area (Å²) >= 11 is 1.20. The van der Waals surface area contributed by atoms with Gasteiger partial charge >= 0.3 is 5.69 Å². The molecule has 4 nitrogen and oxygen atoms in total. The maximum absolute atomic E-state index is 12.7. The third-order valence-electron chi connectivity index (χ3n) is 2.17. The molecule has 6 heteroatoms. The topological polar surface area (TPSA) is 62.8 Å². The van der Waals surface area contributed by atoms with Gasteiger partial charge in [0.15, 0.2) is 5.78 Å². The van der Waals surface area contributed by atoms with E-state index in [2.05, 4.69) is 9.97 Å². The SMILES string of the molecule is O=C(CSc1ccnc(=O)[nH]1)c1ccc(F)cc1. The first kappa shape index (κ1) is 12.5. The van der Waals surface area contributed by atoms with E-state index in [9.17, 15) is 14.0 Å². The van der Waals surface area contributed by atoms with E-state index >= 15 is 0 Å². The summed E-state index contributed by atoms with van der Waals surface area (Å²) in [6, 6.07) is 6.98. The third-order valence-corrected chi connectivity index (χ3v) is 3.13. The lowest BCUT2D eigenvalue weighted by Crippen LogP contribution is -2.10. The fraction of sp³-hybridized carbons (Fsp3) is 0.0833. The number of halogens is 1. The first-order chi connectivity index (χ1) is 8.65. The van der Waals surface area contributed by atoms with Crippen LogP contribution in [-0.4, -0.2) is 21.5 Å². The summed E-state index contributed by atoms with van der Waals surface area (Å²) in [5, 5.41) is 0.575. The van der Waals surface area contributed by atoms with Gasteiger partial charge in [-0.3, -0.25) is 4.79 Å². The summed E-state index contributed by atoms with van der Waals surface area (Å²) in [6.07, 6.45) is 1.38. The first-order valence-corrected chi connectivity index (χ1v) is 6.10. The molecule has 92 valence electrons. The summed E-state index contributed by atoms with van der Waals surface area (Å²) in [6.45, 7) is 0. The number of carbonyl (C=O) groups excluding carboxylic acids is 1. The number of H-pyrrole nitrogens is 1. The highest BCUT2D eigenvalue weighted by atomic mass is 32.2. The molecule has 0 fully saturated rings. The normalized spacial score (nSPS) is 10.3. The van der Waals surface area contributed by atoms with E-state index in [1.807, 2.05) is 0 Å². The van der Waals surface area contributed by atoms with Crippen LogP contribution in [0.3, 0.4) is 0 Å². The van der Waals surface area contributed by atoms with Gasteiger partial charge in [-0.2, -0.15) is 0 Å². The van der Waals surface area contributed by atoms with E-state index < -0.39 is 5.69 Å². The van der Waals surface area contributed by atoms with Crippen LogP contribution >= 0.6 is 11.8 Å². The van der Waals surface area contributed by atoms with Gasteiger partial charge in [-0.15, -0.1) is 11.8 Å². The molecule has 0 aliphatic carbocycles. The molecule has 1 aromatic carbocycles. The van der Waals surface area contributed by atoms with E-state index in [4.69, 9.17) is 0 Å². The van der Waals surface area contributed by atoms with Gasteiger partial charge in [0.05, 0.1) is 10.8 Å². The third kappa shape index (κ3) is 3.27. The molecule has 1 N–H and O–H groups in total. The number of Topliss-reactive ketones (excluding diaryl/α,β-unsaturated/α-hetero) is 1. The molecule has 0 spiro atoms. The largest absolute Gasteiger partial charge is 0.345 e. The Morgan fingerprint density at radius 2 is 2.00 bits per heavy atom. The predicted molar refractivity (Wildman–Crippen MR) is 66.3 cm³/mol. The number of aromatic nitrogens is 2. The molecule has 0 atom stereocenters. The predicted octanol–water partition coefficient (Wildman–Crippen LogP) is 1.88. The van der Waals surface area contributed by atoms with Gasteiger partial charge in [0.2, 0.25) is 0 Å². The molecule has 0 aliphatic heterocycles. The number of hydrogen-bond acceptors (Lipinski definition) is 4. The maximum atomic E-state index is 12.7. The number of nitrogens with zero attached hydrogens (tertiary/aromatic N) is 1. The summed E-state index contributed by atoms with van der Waals surface area (Å²) in [4.78, 5) is 28.7. The van der Waals surface area contributed by atoms with Crippen molar-refractivity contribution in [3.8, 4) is 0 Å². The van der Waals surface area contributed by atoms with E-state index in [0.29, 0.717) is 10.6 Å². The number of benzene rings is 1. The lowest BCUT2D eigenvalue weighted by Gasteiger charge is -2.01. The number of ketones is 1. The van der Waals surface area contributed by atoms with Crippen molar-refractivity contribution in [1.82, 2.24) is 9.97 Å². The number of nitrogens with one attached hydrogen (secondary N) is 1. The molecule has 0 saturated carbocycles. The first-order valence-electron chi connectivity index (χ1n) is 5.12. The fourth-order valence-corrected chi connectivity index (χ4v) is 2.07. The van der Waals surface area contributed by atoms with E-state index in [-0.39, 0.29) is 17.4 Å². The van der Waals surface area contributed by atoms with E-state index in [1.54, 1.807) is 6.07 Å². The van der Waals surface area contributed by atoms with E-state index in [1.165, 1.54) is 42.2 Å². The van der Waals surface area contributed by atoms with Crippen LogP contribution in [0.5, 0.6) is 0 Å². The monoisotopic (exact) mass is 264 g/mol. The lowest BCUT2D eigenvalue weighted by atomic mass is 10.1. The number of hydrogen-bond donors (Lipinski definition) is 1. The average Bonchev–Trinajstić information content (AvgIpc) is 2.37. The van der Waals surface area contributed by atoms with Crippen molar-refractivity contribution in [2.24, 2.45) is 0 Å². The van der Waals surface area contributed by atoms with Crippen LogP contribution in [0.1, 0.15) is 10.4 Å². The number of rotatable bonds is 4. The highest BCUT2D eigenvalue weighted by Gasteiger charge is 2.07. The molecule has 0 saturated heterocycles. The van der Waals surface area contributed by atoms with Crippen LogP contribution in [-0.2, 0) is 0 Å². The Morgan fingerprint density at radius 3 is 2.67 bits per heavy atom. The number of aromatic amines is 1. The molecule has 2 aromatic rings. The fourth-order valence-electron chi connectivity index (χ4n) is 1.30. The zero-order chi connectivity index (χ0) is 13.0. The Morgan fingerprint density at radius 1 is 1.28 bits per heavy atom. The van der Waals surface area contributed by atoms with Crippen molar-refractivity contribution in [1.29, 1.82) is 0 Å². The van der Waals surface area contributed by atoms with E-state index in [0.717, 1.165) is 0 Å². The molecule has 0 unspecified atom stereocenters. The molecule has 0 aliphatic rings. The number of carbonyl (C=O) groups is 1. The van der Waals surface area contributed by atoms with Crippen LogP contribution < -0.4 is 5.69 Å². The minimum atomic E-state index is -0.450. The minimum Gasteiger partial charge on any atom is -0.300 e. The van der Waals surface area contributed by atoms with Crippen molar-refractivity contribution >= 4 is 17.5 Å². The Bertz CT molecular complexity index is 610. The zero-order valence-corrected chi connectivity index (χ0v) is 10.0. The molecule has 0 amide bonds. The van der Waals surface area contributed by atoms with Gasteiger partial charge in [0, 0.05) is 11.8 Å². The molecule has 0 bridgehead atoms. The molecule has 0 radical (unpaired) electrons. The molecule has 2 rings (SSSR count). The van der Waals surface area contributed by atoms with Gasteiger partial charge in [-0.1, -0.05) is 0 Å². The number of thioether (sulfide) groups is 1. The van der Waals surface area contributed by atoms with Crippen molar-refractivity contribution in [2.45, 2.75) is 5.03 Å². The average molecular weight is 264 g/mol. The Hall–Kier alpha value is -1.95. The highest BCUT2D eigenvalue weighted by Crippen LogP contribution is 2.15. The second-order valence-corrected chi connectivity index (χ2v) is 4.48. The summed E-state index contributed by atoms with van der Waals surface area (Å²) in [5.41, 5.74) is -0.00506. The second kappa shape index (κ2) is 5.59. The molecular weight excluding hydrogens is 255 g/mol. The summed E-state index contributed by atoms with van der Waals surface area (Å²) < 4.78 is 12.7. The lowest BCUT2D eigenvalue weighted by molar-refractivity contribution is 0.102. The van der Waals surface area contributed by atoms with Crippen LogP contribution in [0, 0.1) is 5.82 Å². The molecule has 1 aromatic heterocycles. The quantitative estimate of drug-likeness (QED) is 0.520. The highest BCUT2D eigenvalue weighted by molar-refractivity contribution is 7.99. The zero-order valence-electron chi connectivity index (χ0n) is 9.22. The molecular formula is C12H9FN2O2S. The van der Waals surface area contributed by atoms with Crippen molar-refractivity contribution < 1.29 is 9.18 Å². The Kier molecular flexibility index (Phi) is 3.88. The van der Waals surface area contributed by atoms with Crippen LogP contribution in [0.25, 0.3) is 0 Å². The maximum Gasteiger partial charge on any atom is 0.345 e. The second-order valence-electron chi connectivity index (χ2n) is 3.46. The van der Waals surface area contributed by atoms with Crippen molar-refractivity contribution in [3.05, 3.63) is 58.4 Å². The standard InChI is InChI=1S/C12H9FN2O2S/c13-9-3-1-8(2-4-9)10(16)7-18-11-5-6-14-12(17)15-11/h1-6H,7H2,(H,14,15,17). The van der Waals surface area contributed by atoms with Crippen molar-refractivity contribution in [3.63, 3.8) is 0 Å². The van der Waals surface area contributed by atoms with Gasteiger partial charge in [-0.25, -0.2) is 14.2 Å². The Labute approximate surface area is 106 Å².